The van der Waals surface area contributed by atoms with Crippen molar-refractivity contribution in [2.45, 2.75) is 56.8 Å². The Hall–Kier alpha value is -0.214. The standard InChI is InChI=1S/C20H26O4S.K/c1-2-3-4-5-6-7-9-17-10-8-11-19(16-17)24-18-12-14-20(15-13-18)25(21,22)23;/h8,10-16H,2-7,9H2,1H3,(H,21,22,23);/q;+1/p-1. The van der Waals surface area contributed by atoms with E-state index in [1.165, 1.54) is 68.4 Å². The average Bonchev–Trinajstić information content (AvgIpc) is 2.58. The third-order valence-corrected chi connectivity index (χ3v) is 4.92. The summed E-state index contributed by atoms with van der Waals surface area (Å²) >= 11 is 0. The number of ether oxygens (including phenoxy) is 1. The van der Waals surface area contributed by atoms with Gasteiger partial charge in [-0.25, -0.2) is 8.42 Å². The van der Waals surface area contributed by atoms with Crippen LogP contribution in [0.4, 0.5) is 0 Å². The van der Waals surface area contributed by atoms with E-state index in [1.54, 1.807) is 0 Å². The smallest absolute Gasteiger partial charge is 0.744 e. The van der Waals surface area contributed by atoms with Gasteiger partial charge < -0.3 is 9.29 Å². The van der Waals surface area contributed by atoms with Gasteiger partial charge in [0, 0.05) is 0 Å². The van der Waals surface area contributed by atoms with Gasteiger partial charge in [0.25, 0.3) is 0 Å². The predicted octanol–water partition coefficient (Wildman–Crippen LogP) is 2.29. The number of aryl methyl sites for hydroxylation is 1. The van der Waals surface area contributed by atoms with Crippen molar-refractivity contribution in [2.75, 3.05) is 0 Å². The van der Waals surface area contributed by atoms with Crippen molar-refractivity contribution >= 4 is 10.1 Å². The van der Waals surface area contributed by atoms with Gasteiger partial charge >= 0.3 is 51.4 Å². The van der Waals surface area contributed by atoms with Crippen LogP contribution in [-0.4, -0.2) is 13.0 Å². The van der Waals surface area contributed by atoms with Gasteiger partial charge in [-0.2, -0.15) is 0 Å². The molecule has 0 saturated heterocycles. The summed E-state index contributed by atoms with van der Waals surface area (Å²) in [6.45, 7) is 2.22. The van der Waals surface area contributed by atoms with Gasteiger partial charge in [-0.3, -0.25) is 0 Å². The molecule has 0 amide bonds. The molecule has 26 heavy (non-hydrogen) atoms. The Bertz CT molecular complexity index is 758. The van der Waals surface area contributed by atoms with Crippen LogP contribution in [0.1, 0.15) is 51.0 Å². The van der Waals surface area contributed by atoms with E-state index < -0.39 is 10.1 Å². The number of hydrogen-bond acceptors (Lipinski definition) is 4. The van der Waals surface area contributed by atoms with Gasteiger partial charge in [-0.15, -0.1) is 0 Å². The van der Waals surface area contributed by atoms with Gasteiger partial charge in [0.15, 0.2) is 0 Å². The maximum absolute atomic E-state index is 10.9. The summed E-state index contributed by atoms with van der Waals surface area (Å²) in [6.07, 6.45) is 8.63. The topological polar surface area (TPSA) is 66.4 Å². The van der Waals surface area contributed by atoms with Gasteiger partial charge in [-0.1, -0.05) is 51.2 Å². The predicted molar refractivity (Wildman–Crippen MR) is 98.0 cm³/mol. The second kappa shape index (κ2) is 12.3. The number of unbranched alkanes of at least 4 members (excludes halogenated alkanes) is 5. The van der Waals surface area contributed by atoms with E-state index in [-0.39, 0.29) is 56.3 Å². The second-order valence-electron chi connectivity index (χ2n) is 6.19. The van der Waals surface area contributed by atoms with Gasteiger partial charge in [0.05, 0.1) is 4.90 Å². The van der Waals surface area contributed by atoms with E-state index >= 15 is 0 Å². The summed E-state index contributed by atoms with van der Waals surface area (Å²) in [4.78, 5) is -0.253. The van der Waals surface area contributed by atoms with Crippen molar-refractivity contribution in [1.82, 2.24) is 0 Å². The van der Waals surface area contributed by atoms with Crippen LogP contribution >= 0.6 is 0 Å². The molecule has 4 nitrogen and oxygen atoms in total. The molecule has 2 aromatic rings. The van der Waals surface area contributed by atoms with Crippen LogP contribution in [0, 0.1) is 0 Å². The molecular formula is C20H25KO4S. The fourth-order valence-electron chi connectivity index (χ4n) is 2.68. The number of hydrogen-bond donors (Lipinski definition) is 0. The van der Waals surface area contributed by atoms with Gasteiger partial charge in [0.1, 0.15) is 21.6 Å². The summed E-state index contributed by atoms with van der Waals surface area (Å²) in [5.74, 6) is 1.21. The maximum Gasteiger partial charge on any atom is 1.00 e. The Morgan fingerprint density at radius 2 is 1.54 bits per heavy atom. The van der Waals surface area contributed by atoms with Crippen LogP contribution in [0.15, 0.2) is 53.4 Å². The molecule has 0 saturated carbocycles. The largest absolute Gasteiger partial charge is 1.00 e. The molecule has 0 aliphatic heterocycles. The Balaban J connectivity index is 0.00000338. The molecule has 0 aromatic heterocycles. The summed E-state index contributed by atoms with van der Waals surface area (Å²) in [7, 11) is -4.42. The van der Waals surface area contributed by atoms with Crippen LogP contribution in [-0.2, 0) is 16.5 Å². The molecule has 0 atom stereocenters. The van der Waals surface area contributed by atoms with E-state index in [0.29, 0.717) is 11.5 Å². The monoisotopic (exact) mass is 400 g/mol. The summed E-state index contributed by atoms with van der Waals surface area (Å²) in [6, 6.07) is 13.4. The van der Waals surface area contributed by atoms with Crippen molar-refractivity contribution in [3.8, 4) is 11.5 Å². The Kier molecular flexibility index (Phi) is 11.3. The van der Waals surface area contributed by atoms with Gasteiger partial charge in [0.2, 0.25) is 0 Å². The van der Waals surface area contributed by atoms with Gasteiger partial charge in [-0.05, 0) is 54.8 Å². The molecule has 0 N–H and O–H groups in total. The molecule has 2 aromatic carbocycles. The molecule has 6 heteroatoms. The summed E-state index contributed by atoms with van der Waals surface area (Å²) < 4.78 is 38.6. The summed E-state index contributed by atoms with van der Waals surface area (Å²) in [5.41, 5.74) is 1.23. The fraction of sp³-hybridized carbons (Fsp3) is 0.400. The molecule has 0 aliphatic carbocycles. The van der Waals surface area contributed by atoms with Crippen LogP contribution in [0.5, 0.6) is 11.5 Å². The van der Waals surface area contributed by atoms with Crippen molar-refractivity contribution in [3.05, 3.63) is 54.1 Å². The average molecular weight is 401 g/mol. The van der Waals surface area contributed by atoms with E-state index in [2.05, 4.69) is 13.0 Å². The van der Waals surface area contributed by atoms with Crippen LogP contribution in [0.2, 0.25) is 0 Å². The first kappa shape index (κ1) is 23.8. The van der Waals surface area contributed by atoms with Crippen molar-refractivity contribution < 1.29 is 69.1 Å². The Labute approximate surface area is 199 Å². The zero-order valence-corrected chi connectivity index (χ0v) is 19.5. The third kappa shape index (κ3) is 8.65. The molecule has 0 aliphatic rings. The minimum atomic E-state index is -4.42. The van der Waals surface area contributed by atoms with Crippen LogP contribution < -0.4 is 56.1 Å². The first-order chi connectivity index (χ1) is 12.0. The first-order valence-corrected chi connectivity index (χ1v) is 10.2. The van der Waals surface area contributed by atoms with E-state index in [1.807, 2.05) is 18.2 Å². The fourth-order valence-corrected chi connectivity index (χ4v) is 3.15. The SMILES string of the molecule is CCCCCCCCc1cccc(Oc2ccc(S(=O)(=O)[O-])cc2)c1.[K+]. The molecule has 0 bridgehead atoms. The molecule has 0 spiro atoms. The zero-order chi connectivity index (χ0) is 18.1. The zero-order valence-electron chi connectivity index (χ0n) is 15.6. The third-order valence-electron chi connectivity index (χ3n) is 4.07. The number of benzene rings is 2. The normalized spacial score (nSPS) is 11.0. The van der Waals surface area contributed by atoms with Crippen LogP contribution in [0.3, 0.4) is 0 Å². The van der Waals surface area contributed by atoms with Crippen LogP contribution in [0.25, 0.3) is 0 Å². The minimum absolute atomic E-state index is 0. The maximum atomic E-state index is 10.9. The van der Waals surface area contributed by atoms with E-state index in [9.17, 15) is 13.0 Å². The molecule has 2 rings (SSSR count). The molecule has 0 heterocycles. The second-order valence-corrected chi connectivity index (χ2v) is 7.57. The van der Waals surface area contributed by atoms with Crippen molar-refractivity contribution in [2.24, 2.45) is 0 Å². The minimum Gasteiger partial charge on any atom is -0.744 e. The summed E-state index contributed by atoms with van der Waals surface area (Å²) in [5, 5.41) is 0. The van der Waals surface area contributed by atoms with E-state index in [0.717, 1.165) is 6.42 Å². The van der Waals surface area contributed by atoms with E-state index in [4.69, 9.17) is 4.74 Å². The first-order valence-electron chi connectivity index (χ1n) is 8.82. The molecular weight excluding hydrogens is 375 g/mol. The molecule has 0 fully saturated rings. The Morgan fingerprint density at radius 1 is 0.885 bits per heavy atom. The molecule has 0 unspecified atom stereocenters. The quantitative estimate of drug-likeness (QED) is 0.349. The van der Waals surface area contributed by atoms with Crippen molar-refractivity contribution in [3.63, 3.8) is 0 Å². The molecule has 0 radical (unpaired) electrons. The Morgan fingerprint density at radius 3 is 2.19 bits per heavy atom. The van der Waals surface area contributed by atoms with Crippen molar-refractivity contribution in [1.29, 1.82) is 0 Å². The number of rotatable bonds is 10. The molecule has 136 valence electrons.